The Morgan fingerprint density at radius 2 is 1.95 bits per heavy atom. The molecule has 2 N–H and O–H groups in total. The maximum Gasteiger partial charge on any atom is 0.161 e. The number of sulfone groups is 1. The Bertz CT molecular complexity index is 514. The molecule has 0 heterocycles. The molecule has 0 spiro atoms. The first-order valence-electron chi connectivity index (χ1n) is 6.72. The van der Waals surface area contributed by atoms with Crippen molar-refractivity contribution in [2.24, 2.45) is 5.73 Å². The number of ether oxygens (including phenoxy) is 2. The predicted octanol–water partition coefficient (Wildman–Crippen LogP) is 1.40. The van der Waals surface area contributed by atoms with E-state index in [-0.39, 0.29) is 18.1 Å². The molecule has 5 nitrogen and oxygen atoms in total. The lowest BCUT2D eigenvalue weighted by molar-refractivity contribution is 0.311. The van der Waals surface area contributed by atoms with Crippen LogP contribution >= 0.6 is 0 Å². The van der Waals surface area contributed by atoms with Crippen molar-refractivity contribution in [2.75, 3.05) is 31.8 Å². The van der Waals surface area contributed by atoms with Crippen molar-refractivity contribution >= 4 is 9.84 Å². The average molecular weight is 301 g/mol. The molecular formula is C14H23NO4S. The molecule has 114 valence electrons. The highest BCUT2D eigenvalue weighted by molar-refractivity contribution is 7.91. The van der Waals surface area contributed by atoms with E-state index in [0.717, 1.165) is 12.0 Å². The van der Waals surface area contributed by atoms with E-state index in [1.165, 1.54) is 0 Å². The molecule has 1 aromatic rings. The summed E-state index contributed by atoms with van der Waals surface area (Å²) in [7, 11) is -1.47. The van der Waals surface area contributed by atoms with Crippen LogP contribution in [0.15, 0.2) is 18.2 Å². The van der Waals surface area contributed by atoms with Gasteiger partial charge in [-0.3, -0.25) is 0 Å². The van der Waals surface area contributed by atoms with Crippen LogP contribution in [-0.2, 0) is 16.3 Å². The Balaban J connectivity index is 2.68. The molecule has 20 heavy (non-hydrogen) atoms. The lowest BCUT2D eigenvalue weighted by Crippen LogP contribution is -2.17. The van der Waals surface area contributed by atoms with Crippen LogP contribution in [0.5, 0.6) is 11.5 Å². The Labute approximate surface area is 121 Å². The van der Waals surface area contributed by atoms with Gasteiger partial charge in [-0.2, -0.15) is 0 Å². The molecule has 1 rings (SSSR count). The fourth-order valence-corrected chi connectivity index (χ4v) is 3.01. The highest BCUT2D eigenvalue weighted by Gasteiger charge is 2.11. The topological polar surface area (TPSA) is 78.6 Å². The average Bonchev–Trinajstić information content (AvgIpc) is 2.39. The molecule has 0 aliphatic rings. The monoisotopic (exact) mass is 301 g/mol. The van der Waals surface area contributed by atoms with Gasteiger partial charge in [0.15, 0.2) is 21.3 Å². The van der Waals surface area contributed by atoms with Gasteiger partial charge in [0.05, 0.1) is 18.6 Å². The van der Waals surface area contributed by atoms with E-state index in [9.17, 15) is 8.42 Å². The summed E-state index contributed by atoms with van der Waals surface area (Å²) in [6, 6.07) is 5.57. The molecule has 6 heteroatoms. The van der Waals surface area contributed by atoms with Crippen molar-refractivity contribution in [2.45, 2.75) is 19.8 Å². The summed E-state index contributed by atoms with van der Waals surface area (Å²) in [6.45, 7) is 2.53. The van der Waals surface area contributed by atoms with Crippen LogP contribution < -0.4 is 15.2 Å². The quantitative estimate of drug-likeness (QED) is 0.746. The van der Waals surface area contributed by atoms with Gasteiger partial charge in [-0.25, -0.2) is 8.42 Å². The van der Waals surface area contributed by atoms with E-state index in [4.69, 9.17) is 15.2 Å². The Morgan fingerprint density at radius 3 is 2.55 bits per heavy atom. The smallest absolute Gasteiger partial charge is 0.161 e. The number of benzene rings is 1. The second kappa shape index (κ2) is 8.11. The zero-order chi connectivity index (χ0) is 15.0. The Morgan fingerprint density at radius 1 is 1.20 bits per heavy atom. The van der Waals surface area contributed by atoms with Crippen LogP contribution in [0.1, 0.15) is 18.9 Å². The SMILES string of the molecule is CCCS(=O)(=O)CCOc1cc(CCN)ccc1OC. The summed E-state index contributed by atoms with van der Waals surface area (Å²) >= 11 is 0. The first kappa shape index (κ1) is 16.8. The van der Waals surface area contributed by atoms with Gasteiger partial charge in [-0.15, -0.1) is 0 Å². The maximum atomic E-state index is 11.6. The lowest BCUT2D eigenvalue weighted by atomic mass is 10.1. The summed E-state index contributed by atoms with van der Waals surface area (Å²) in [5.41, 5.74) is 6.56. The van der Waals surface area contributed by atoms with Gasteiger partial charge in [0.2, 0.25) is 0 Å². The number of hydrogen-bond acceptors (Lipinski definition) is 5. The summed E-state index contributed by atoms with van der Waals surface area (Å²) in [4.78, 5) is 0. The lowest BCUT2D eigenvalue weighted by Gasteiger charge is -2.12. The first-order chi connectivity index (χ1) is 9.52. The largest absolute Gasteiger partial charge is 0.493 e. The van der Waals surface area contributed by atoms with E-state index < -0.39 is 9.84 Å². The molecule has 0 aliphatic carbocycles. The zero-order valence-electron chi connectivity index (χ0n) is 12.1. The van der Waals surface area contributed by atoms with Crippen molar-refractivity contribution in [3.63, 3.8) is 0 Å². The van der Waals surface area contributed by atoms with Crippen molar-refractivity contribution in [3.8, 4) is 11.5 Å². The molecule has 0 saturated heterocycles. The highest BCUT2D eigenvalue weighted by atomic mass is 32.2. The maximum absolute atomic E-state index is 11.6. The van der Waals surface area contributed by atoms with Crippen molar-refractivity contribution < 1.29 is 17.9 Å². The molecule has 1 aromatic carbocycles. The van der Waals surface area contributed by atoms with Crippen LogP contribution in [0.25, 0.3) is 0 Å². The summed E-state index contributed by atoms with van der Waals surface area (Å²) in [6.07, 6.45) is 1.37. The second-order valence-electron chi connectivity index (χ2n) is 4.52. The Kier molecular flexibility index (Phi) is 6.81. The summed E-state index contributed by atoms with van der Waals surface area (Å²) < 4.78 is 34.0. The third kappa shape index (κ3) is 5.38. The van der Waals surface area contributed by atoms with Crippen LogP contribution in [0.3, 0.4) is 0 Å². The molecule has 0 bridgehead atoms. The number of nitrogens with two attached hydrogens (primary N) is 1. The minimum Gasteiger partial charge on any atom is -0.493 e. The van der Waals surface area contributed by atoms with E-state index in [1.807, 2.05) is 19.1 Å². The third-order valence-corrected chi connectivity index (χ3v) is 4.65. The van der Waals surface area contributed by atoms with Gasteiger partial charge in [0, 0.05) is 0 Å². The van der Waals surface area contributed by atoms with Gasteiger partial charge in [-0.05, 0) is 37.1 Å². The highest BCUT2D eigenvalue weighted by Crippen LogP contribution is 2.28. The van der Waals surface area contributed by atoms with Crippen LogP contribution in [0.4, 0.5) is 0 Å². The summed E-state index contributed by atoms with van der Waals surface area (Å²) in [5, 5.41) is 0. The van der Waals surface area contributed by atoms with E-state index >= 15 is 0 Å². The van der Waals surface area contributed by atoms with Gasteiger partial charge in [-0.1, -0.05) is 13.0 Å². The molecule has 0 radical (unpaired) electrons. The van der Waals surface area contributed by atoms with E-state index in [0.29, 0.717) is 24.5 Å². The van der Waals surface area contributed by atoms with Gasteiger partial charge in [0.1, 0.15) is 6.61 Å². The third-order valence-electron chi connectivity index (χ3n) is 2.83. The molecule has 0 atom stereocenters. The minimum atomic E-state index is -3.03. The number of hydrogen-bond donors (Lipinski definition) is 1. The molecular weight excluding hydrogens is 278 g/mol. The van der Waals surface area contributed by atoms with E-state index in [1.54, 1.807) is 13.2 Å². The van der Waals surface area contributed by atoms with Crippen molar-refractivity contribution in [3.05, 3.63) is 23.8 Å². The Hall–Kier alpha value is -1.27. The second-order valence-corrected chi connectivity index (χ2v) is 6.83. The number of rotatable bonds is 9. The van der Waals surface area contributed by atoms with Crippen LogP contribution in [-0.4, -0.2) is 40.2 Å². The standard InChI is InChI=1S/C14H23NO4S/c1-3-9-20(16,17)10-8-19-14-11-12(6-7-15)4-5-13(14)18-2/h4-5,11H,3,6-10,15H2,1-2H3. The fraction of sp³-hybridized carbons (Fsp3) is 0.571. The molecule has 0 aromatic heterocycles. The van der Waals surface area contributed by atoms with Gasteiger partial charge < -0.3 is 15.2 Å². The van der Waals surface area contributed by atoms with Crippen molar-refractivity contribution in [1.82, 2.24) is 0 Å². The van der Waals surface area contributed by atoms with Gasteiger partial charge >= 0.3 is 0 Å². The minimum absolute atomic E-state index is 0.0190. The molecule has 0 amide bonds. The van der Waals surface area contributed by atoms with Gasteiger partial charge in [0.25, 0.3) is 0 Å². The van der Waals surface area contributed by atoms with Crippen LogP contribution in [0, 0.1) is 0 Å². The zero-order valence-corrected chi connectivity index (χ0v) is 12.9. The van der Waals surface area contributed by atoms with E-state index in [2.05, 4.69) is 0 Å². The van der Waals surface area contributed by atoms with Crippen LogP contribution in [0.2, 0.25) is 0 Å². The van der Waals surface area contributed by atoms with Crippen molar-refractivity contribution in [1.29, 1.82) is 0 Å². The normalized spacial score (nSPS) is 11.3. The predicted molar refractivity (Wildman–Crippen MR) is 80.2 cm³/mol. The molecule has 0 fully saturated rings. The number of methoxy groups -OCH3 is 1. The fourth-order valence-electron chi connectivity index (χ4n) is 1.85. The molecule has 0 aliphatic heterocycles. The molecule has 0 saturated carbocycles. The first-order valence-corrected chi connectivity index (χ1v) is 8.54. The molecule has 0 unspecified atom stereocenters. The summed E-state index contributed by atoms with van der Waals surface area (Å²) in [5.74, 6) is 1.37.